The topological polar surface area (TPSA) is 131 Å². The highest BCUT2D eigenvalue weighted by Gasteiger charge is 2.34. The summed E-state index contributed by atoms with van der Waals surface area (Å²) in [5, 5.41) is 11.5. The van der Waals surface area contributed by atoms with Gasteiger partial charge in [-0.3, -0.25) is 19.5 Å². The zero-order valence-electron chi connectivity index (χ0n) is 20.6. The van der Waals surface area contributed by atoms with E-state index in [2.05, 4.69) is 4.99 Å². The van der Waals surface area contributed by atoms with Gasteiger partial charge in [0.15, 0.2) is 16.3 Å². The highest BCUT2D eigenvalue weighted by molar-refractivity contribution is 7.07. The minimum Gasteiger partial charge on any atom is -0.493 e. The number of carbonyl (C=O) groups is 1. The van der Waals surface area contributed by atoms with E-state index < -0.39 is 22.5 Å². The van der Waals surface area contributed by atoms with Gasteiger partial charge in [-0.2, -0.15) is 0 Å². The summed E-state index contributed by atoms with van der Waals surface area (Å²) in [6.45, 7) is 1.65. The van der Waals surface area contributed by atoms with Crippen LogP contribution in [0.5, 0.6) is 17.2 Å². The van der Waals surface area contributed by atoms with E-state index in [1.54, 1.807) is 37.3 Å². The van der Waals surface area contributed by atoms with Crippen molar-refractivity contribution in [3.63, 3.8) is 0 Å². The van der Waals surface area contributed by atoms with Crippen LogP contribution in [0.4, 0.5) is 5.69 Å². The van der Waals surface area contributed by atoms with Gasteiger partial charge >= 0.3 is 5.97 Å². The molecular formula is C25H23N3O8S. The maximum atomic E-state index is 13.7. The zero-order valence-corrected chi connectivity index (χ0v) is 21.5. The lowest BCUT2D eigenvalue weighted by Gasteiger charge is -2.25. The summed E-state index contributed by atoms with van der Waals surface area (Å²) in [6, 6.07) is 8.46. The Morgan fingerprint density at radius 2 is 1.76 bits per heavy atom. The lowest BCUT2D eigenvalue weighted by atomic mass is 9.95. The highest BCUT2D eigenvalue weighted by Crippen LogP contribution is 2.42. The Kier molecular flexibility index (Phi) is 7.11. The number of aromatic nitrogens is 1. The van der Waals surface area contributed by atoms with Crippen molar-refractivity contribution in [1.82, 2.24) is 4.57 Å². The Balaban J connectivity index is 2.04. The molecule has 37 heavy (non-hydrogen) atoms. The molecule has 3 aromatic rings. The van der Waals surface area contributed by atoms with Crippen LogP contribution >= 0.6 is 11.3 Å². The molecule has 0 saturated carbocycles. The molecule has 0 fully saturated rings. The van der Waals surface area contributed by atoms with Gasteiger partial charge in [-0.15, -0.1) is 0 Å². The molecule has 1 atom stereocenters. The van der Waals surface area contributed by atoms with E-state index in [9.17, 15) is 19.7 Å². The lowest BCUT2D eigenvalue weighted by molar-refractivity contribution is -0.385. The smallest absolute Gasteiger partial charge is 0.338 e. The van der Waals surface area contributed by atoms with E-state index in [4.69, 9.17) is 18.9 Å². The predicted molar refractivity (Wildman–Crippen MR) is 135 cm³/mol. The van der Waals surface area contributed by atoms with Gasteiger partial charge in [0.25, 0.3) is 11.2 Å². The number of rotatable bonds is 7. The van der Waals surface area contributed by atoms with Crippen molar-refractivity contribution in [1.29, 1.82) is 0 Å². The maximum absolute atomic E-state index is 13.7. The molecule has 0 aliphatic carbocycles. The van der Waals surface area contributed by atoms with Gasteiger partial charge in [-0.1, -0.05) is 23.5 Å². The van der Waals surface area contributed by atoms with E-state index >= 15 is 0 Å². The summed E-state index contributed by atoms with van der Waals surface area (Å²) in [6.07, 6.45) is 1.45. The molecule has 1 aliphatic heterocycles. The van der Waals surface area contributed by atoms with E-state index in [0.717, 1.165) is 11.3 Å². The van der Waals surface area contributed by atoms with Crippen molar-refractivity contribution in [2.24, 2.45) is 4.99 Å². The molecular weight excluding hydrogens is 502 g/mol. The van der Waals surface area contributed by atoms with Crippen LogP contribution < -0.4 is 29.1 Å². The van der Waals surface area contributed by atoms with Crippen molar-refractivity contribution < 1.29 is 28.7 Å². The number of para-hydroxylation sites is 1. The number of hydrogen-bond donors (Lipinski definition) is 0. The Morgan fingerprint density at radius 3 is 2.32 bits per heavy atom. The predicted octanol–water partition coefficient (Wildman–Crippen LogP) is 2.34. The molecule has 11 nitrogen and oxygen atoms in total. The molecule has 2 aromatic carbocycles. The summed E-state index contributed by atoms with van der Waals surface area (Å²) in [5.74, 6) is 0.348. The number of ether oxygens (including phenoxy) is 4. The molecule has 0 saturated heterocycles. The Morgan fingerprint density at radius 1 is 1.11 bits per heavy atom. The van der Waals surface area contributed by atoms with Crippen molar-refractivity contribution in [2.75, 3.05) is 28.4 Å². The second kappa shape index (κ2) is 10.3. The number of nitro groups is 1. The van der Waals surface area contributed by atoms with Crippen LogP contribution in [0.25, 0.3) is 6.08 Å². The van der Waals surface area contributed by atoms with E-state index in [1.807, 2.05) is 0 Å². The lowest BCUT2D eigenvalue weighted by Crippen LogP contribution is -2.39. The van der Waals surface area contributed by atoms with Crippen LogP contribution in [0, 0.1) is 10.1 Å². The third-order valence-corrected chi connectivity index (χ3v) is 6.83. The van der Waals surface area contributed by atoms with E-state index in [1.165, 1.54) is 45.1 Å². The standard InChI is InChI=1S/C25H23N3O8S/c1-13-20(24(30)36-5)21(15-10-17(33-2)22(35-4)18(11-15)34-3)27-23(29)19(37-25(27)26-13)12-14-8-6-7-9-16(14)28(31)32/h6-12,21H,1-5H3. The molecule has 1 unspecified atom stereocenters. The number of nitrogens with zero attached hydrogens (tertiary/aromatic N) is 3. The number of methoxy groups -OCH3 is 4. The van der Waals surface area contributed by atoms with Crippen molar-refractivity contribution in [3.8, 4) is 17.2 Å². The molecule has 0 radical (unpaired) electrons. The highest BCUT2D eigenvalue weighted by atomic mass is 32.1. The van der Waals surface area contributed by atoms with Crippen LogP contribution in [-0.4, -0.2) is 43.9 Å². The van der Waals surface area contributed by atoms with Gasteiger partial charge in [0, 0.05) is 6.07 Å². The van der Waals surface area contributed by atoms with Gasteiger partial charge in [0.1, 0.15) is 0 Å². The first-order chi connectivity index (χ1) is 17.7. The Labute approximate surface area is 214 Å². The second-order valence-electron chi connectivity index (χ2n) is 7.85. The average Bonchev–Trinajstić information content (AvgIpc) is 3.20. The van der Waals surface area contributed by atoms with Gasteiger partial charge < -0.3 is 18.9 Å². The number of hydrogen-bond acceptors (Lipinski definition) is 10. The first-order valence-electron chi connectivity index (χ1n) is 10.9. The van der Waals surface area contributed by atoms with Crippen LogP contribution in [-0.2, 0) is 9.53 Å². The molecule has 4 rings (SSSR count). The fourth-order valence-electron chi connectivity index (χ4n) is 4.18. The number of nitro benzene ring substituents is 1. The maximum Gasteiger partial charge on any atom is 0.338 e. The Bertz CT molecular complexity index is 1590. The van der Waals surface area contributed by atoms with Crippen LogP contribution in [0.3, 0.4) is 0 Å². The number of thiazole rings is 1. The molecule has 2 heterocycles. The molecule has 192 valence electrons. The SMILES string of the molecule is COC(=O)C1=C(C)N=c2sc(=Cc3ccccc3[N+](=O)[O-])c(=O)n2C1c1cc(OC)c(OC)c(OC)c1. The van der Waals surface area contributed by atoms with E-state index in [0.29, 0.717) is 33.3 Å². The van der Waals surface area contributed by atoms with Gasteiger partial charge in [-0.05, 0) is 36.8 Å². The van der Waals surface area contributed by atoms with Gasteiger partial charge in [0.2, 0.25) is 5.75 Å². The number of carbonyl (C=O) groups excluding carboxylic acids is 1. The largest absolute Gasteiger partial charge is 0.493 e. The number of esters is 1. The second-order valence-corrected chi connectivity index (χ2v) is 8.86. The Hall–Kier alpha value is -4.45. The van der Waals surface area contributed by atoms with E-state index in [-0.39, 0.29) is 21.4 Å². The minimum absolute atomic E-state index is 0.138. The molecule has 0 bridgehead atoms. The summed E-state index contributed by atoms with van der Waals surface area (Å²) in [4.78, 5) is 42.4. The summed E-state index contributed by atoms with van der Waals surface area (Å²) < 4.78 is 23.0. The average molecular weight is 526 g/mol. The number of fused-ring (bicyclic) bond motifs is 1. The van der Waals surface area contributed by atoms with Crippen LogP contribution in [0.2, 0.25) is 0 Å². The van der Waals surface area contributed by atoms with Crippen molar-refractivity contribution in [3.05, 3.63) is 88.6 Å². The summed E-state index contributed by atoms with van der Waals surface area (Å²) in [5.41, 5.74) is 0.662. The zero-order chi connectivity index (χ0) is 26.9. The fourth-order valence-corrected chi connectivity index (χ4v) is 5.22. The molecule has 0 amide bonds. The third-order valence-electron chi connectivity index (χ3n) is 5.85. The van der Waals surface area contributed by atoms with Crippen molar-refractivity contribution >= 4 is 29.1 Å². The fraction of sp³-hybridized carbons (Fsp3) is 0.240. The van der Waals surface area contributed by atoms with Gasteiger partial charge in [-0.25, -0.2) is 9.79 Å². The third kappa shape index (κ3) is 4.47. The monoisotopic (exact) mass is 525 g/mol. The van der Waals surface area contributed by atoms with Crippen LogP contribution in [0.15, 0.2) is 57.5 Å². The summed E-state index contributed by atoms with van der Waals surface area (Å²) in [7, 11) is 5.63. The molecule has 0 N–H and O–H groups in total. The minimum atomic E-state index is -0.940. The molecule has 1 aromatic heterocycles. The first kappa shape index (κ1) is 25.6. The molecule has 1 aliphatic rings. The normalized spacial score (nSPS) is 15.1. The summed E-state index contributed by atoms with van der Waals surface area (Å²) >= 11 is 1.06. The van der Waals surface area contributed by atoms with Crippen LogP contribution in [0.1, 0.15) is 24.1 Å². The number of allylic oxidation sites excluding steroid dienone is 1. The number of benzene rings is 2. The van der Waals surface area contributed by atoms with Gasteiger partial charge in [0.05, 0.1) is 60.8 Å². The quantitative estimate of drug-likeness (QED) is 0.261. The molecule has 0 spiro atoms. The first-order valence-corrected chi connectivity index (χ1v) is 11.7. The molecule has 12 heteroatoms. The van der Waals surface area contributed by atoms with Crippen molar-refractivity contribution in [2.45, 2.75) is 13.0 Å².